The Morgan fingerprint density at radius 1 is 1.32 bits per heavy atom. The standard InChI is InChI=1S/C15H20O2S2/c1-10-7-15(19(16)8-11(10)2)9-14(3,4)17-12-5-6-18-13(12)15/h5-6H,7-9H2,1-4H3. The number of allylic oxidation sites excluding steroid dienone is 1. The molecule has 0 saturated carbocycles. The van der Waals surface area contributed by atoms with Crippen LogP contribution in [0.3, 0.4) is 0 Å². The van der Waals surface area contributed by atoms with Gasteiger partial charge in [0, 0.05) is 23.0 Å². The van der Waals surface area contributed by atoms with Crippen LogP contribution in [0.2, 0.25) is 0 Å². The van der Waals surface area contributed by atoms with Gasteiger partial charge in [0.05, 0.1) is 9.62 Å². The Kier molecular flexibility index (Phi) is 2.95. The first-order chi connectivity index (χ1) is 8.84. The highest BCUT2D eigenvalue weighted by molar-refractivity contribution is 7.86. The van der Waals surface area contributed by atoms with E-state index < -0.39 is 10.8 Å². The Bertz CT molecular complexity index is 583. The van der Waals surface area contributed by atoms with Crippen molar-refractivity contribution >= 4 is 22.1 Å². The van der Waals surface area contributed by atoms with Crippen molar-refractivity contribution in [2.75, 3.05) is 5.75 Å². The third-order valence-corrected chi connectivity index (χ3v) is 7.49. The molecular formula is C15H20O2S2. The average Bonchev–Trinajstić information content (AvgIpc) is 2.73. The van der Waals surface area contributed by atoms with Gasteiger partial charge in [-0.1, -0.05) is 11.1 Å². The van der Waals surface area contributed by atoms with Gasteiger partial charge >= 0.3 is 0 Å². The number of ether oxygens (including phenoxy) is 1. The normalized spacial score (nSPS) is 33.2. The number of fused-ring (bicyclic) bond motifs is 2. The molecule has 3 heterocycles. The van der Waals surface area contributed by atoms with Crippen molar-refractivity contribution < 1.29 is 8.95 Å². The van der Waals surface area contributed by atoms with Crippen molar-refractivity contribution in [1.82, 2.24) is 0 Å². The maximum Gasteiger partial charge on any atom is 0.135 e. The predicted molar refractivity (Wildman–Crippen MR) is 81.3 cm³/mol. The van der Waals surface area contributed by atoms with Gasteiger partial charge in [-0.25, -0.2) is 0 Å². The van der Waals surface area contributed by atoms with E-state index in [-0.39, 0.29) is 10.3 Å². The van der Waals surface area contributed by atoms with Crippen LogP contribution in [-0.4, -0.2) is 15.6 Å². The molecular weight excluding hydrogens is 276 g/mol. The highest BCUT2D eigenvalue weighted by atomic mass is 32.2. The van der Waals surface area contributed by atoms with Gasteiger partial charge in [0.15, 0.2) is 0 Å². The summed E-state index contributed by atoms with van der Waals surface area (Å²) in [6, 6.07) is 2.03. The zero-order valence-corrected chi connectivity index (χ0v) is 13.5. The highest BCUT2D eigenvalue weighted by Crippen LogP contribution is 2.54. The van der Waals surface area contributed by atoms with Crippen molar-refractivity contribution in [2.24, 2.45) is 0 Å². The summed E-state index contributed by atoms with van der Waals surface area (Å²) in [6.07, 6.45) is 1.75. The summed E-state index contributed by atoms with van der Waals surface area (Å²) < 4.78 is 18.7. The summed E-state index contributed by atoms with van der Waals surface area (Å²) in [7, 11) is -0.850. The largest absolute Gasteiger partial charge is 0.487 e. The predicted octanol–water partition coefficient (Wildman–Crippen LogP) is 3.99. The lowest BCUT2D eigenvalue weighted by Gasteiger charge is -2.46. The summed E-state index contributed by atoms with van der Waals surface area (Å²) in [4.78, 5) is 1.19. The monoisotopic (exact) mass is 296 g/mol. The van der Waals surface area contributed by atoms with Gasteiger partial charge in [-0.05, 0) is 45.6 Å². The molecule has 0 fully saturated rings. The summed E-state index contributed by atoms with van der Waals surface area (Å²) in [5.41, 5.74) is 2.46. The number of hydrogen-bond acceptors (Lipinski definition) is 3. The Balaban J connectivity index is 2.17. The van der Waals surface area contributed by atoms with Crippen LogP contribution in [0.1, 0.15) is 45.4 Å². The molecule has 0 radical (unpaired) electrons. The SMILES string of the molecule is CC1=C(C)CC2(CC(C)(C)Oc3ccsc32)S(=O)C1. The second-order valence-corrected chi connectivity index (χ2v) is 9.05. The van der Waals surface area contributed by atoms with Crippen molar-refractivity contribution in [3.05, 3.63) is 27.5 Å². The summed E-state index contributed by atoms with van der Waals surface area (Å²) in [6.45, 7) is 8.50. The number of hydrogen-bond donors (Lipinski definition) is 0. The summed E-state index contributed by atoms with van der Waals surface area (Å²) in [5.74, 6) is 1.65. The van der Waals surface area contributed by atoms with Crippen molar-refractivity contribution in [3.63, 3.8) is 0 Å². The van der Waals surface area contributed by atoms with Gasteiger partial charge in [-0.15, -0.1) is 11.3 Å². The minimum Gasteiger partial charge on any atom is -0.487 e. The van der Waals surface area contributed by atoms with Crippen molar-refractivity contribution in [1.29, 1.82) is 0 Å². The minimum atomic E-state index is -0.850. The molecule has 2 aliphatic heterocycles. The lowest BCUT2D eigenvalue weighted by atomic mass is 9.83. The zero-order valence-electron chi connectivity index (χ0n) is 11.9. The van der Waals surface area contributed by atoms with Gasteiger partial charge in [0.2, 0.25) is 0 Å². The van der Waals surface area contributed by atoms with E-state index in [2.05, 4.69) is 33.1 Å². The van der Waals surface area contributed by atoms with Gasteiger partial charge in [0.1, 0.15) is 11.4 Å². The molecule has 2 aliphatic rings. The maximum absolute atomic E-state index is 12.9. The molecule has 2 atom stereocenters. The topological polar surface area (TPSA) is 26.3 Å². The van der Waals surface area contributed by atoms with E-state index in [4.69, 9.17) is 4.74 Å². The van der Waals surface area contributed by atoms with E-state index in [9.17, 15) is 4.21 Å². The Hall–Kier alpha value is -0.610. The van der Waals surface area contributed by atoms with Crippen LogP contribution in [0.4, 0.5) is 0 Å². The van der Waals surface area contributed by atoms with Crippen LogP contribution >= 0.6 is 11.3 Å². The van der Waals surface area contributed by atoms with E-state index >= 15 is 0 Å². The van der Waals surface area contributed by atoms with Crippen LogP contribution in [0, 0.1) is 0 Å². The maximum atomic E-state index is 12.9. The van der Waals surface area contributed by atoms with Crippen LogP contribution in [0.25, 0.3) is 0 Å². The third-order valence-electron chi connectivity index (χ3n) is 4.20. The number of thiophene rings is 1. The molecule has 1 spiro atoms. The van der Waals surface area contributed by atoms with Crippen LogP contribution < -0.4 is 4.74 Å². The first-order valence-electron chi connectivity index (χ1n) is 6.65. The van der Waals surface area contributed by atoms with E-state index in [0.29, 0.717) is 5.75 Å². The Morgan fingerprint density at radius 2 is 2.05 bits per heavy atom. The van der Waals surface area contributed by atoms with E-state index in [1.165, 1.54) is 16.0 Å². The first-order valence-corrected chi connectivity index (χ1v) is 8.85. The molecule has 4 heteroatoms. The minimum absolute atomic E-state index is 0.227. The lowest BCUT2D eigenvalue weighted by molar-refractivity contribution is 0.0659. The fraction of sp³-hybridized carbons (Fsp3) is 0.600. The molecule has 0 aliphatic carbocycles. The number of rotatable bonds is 0. The molecule has 0 aromatic carbocycles. The molecule has 0 bridgehead atoms. The molecule has 0 N–H and O–H groups in total. The molecule has 0 amide bonds. The molecule has 2 nitrogen and oxygen atoms in total. The van der Waals surface area contributed by atoms with Crippen LogP contribution in [0.15, 0.2) is 22.6 Å². The van der Waals surface area contributed by atoms with Crippen LogP contribution in [0.5, 0.6) is 5.75 Å². The van der Waals surface area contributed by atoms with Gasteiger partial charge in [0.25, 0.3) is 0 Å². The smallest absolute Gasteiger partial charge is 0.135 e. The van der Waals surface area contributed by atoms with E-state index in [1.54, 1.807) is 11.3 Å². The average molecular weight is 296 g/mol. The quantitative estimate of drug-likeness (QED) is 0.677. The van der Waals surface area contributed by atoms with Crippen molar-refractivity contribution in [2.45, 2.75) is 50.9 Å². The third kappa shape index (κ3) is 2.00. The van der Waals surface area contributed by atoms with Crippen LogP contribution in [-0.2, 0) is 15.5 Å². The van der Waals surface area contributed by atoms with E-state index in [0.717, 1.165) is 18.6 Å². The summed E-state index contributed by atoms with van der Waals surface area (Å²) >= 11 is 1.70. The fourth-order valence-electron chi connectivity index (χ4n) is 3.26. The molecule has 1 aromatic rings. The second-order valence-electron chi connectivity index (χ2n) is 6.37. The Labute approximate surface area is 121 Å². The first kappa shape index (κ1) is 13.4. The fourth-order valence-corrected chi connectivity index (χ4v) is 6.70. The molecule has 19 heavy (non-hydrogen) atoms. The highest BCUT2D eigenvalue weighted by Gasteiger charge is 2.51. The molecule has 1 aromatic heterocycles. The van der Waals surface area contributed by atoms with E-state index in [1.807, 2.05) is 6.07 Å². The van der Waals surface area contributed by atoms with Gasteiger partial charge < -0.3 is 4.74 Å². The molecule has 0 saturated heterocycles. The van der Waals surface area contributed by atoms with Gasteiger partial charge in [-0.3, -0.25) is 4.21 Å². The summed E-state index contributed by atoms with van der Waals surface area (Å²) in [5, 5.41) is 2.06. The van der Waals surface area contributed by atoms with Crippen molar-refractivity contribution in [3.8, 4) is 5.75 Å². The molecule has 104 valence electrons. The molecule has 2 unspecified atom stereocenters. The molecule has 3 rings (SSSR count). The lowest BCUT2D eigenvalue weighted by Crippen LogP contribution is -2.48. The van der Waals surface area contributed by atoms with Gasteiger partial charge in [-0.2, -0.15) is 0 Å². The zero-order chi connectivity index (χ0) is 13.8. The second kappa shape index (κ2) is 4.19. The Morgan fingerprint density at radius 3 is 2.79 bits per heavy atom.